The molecule has 0 radical (unpaired) electrons. The summed E-state index contributed by atoms with van der Waals surface area (Å²) in [5.74, 6) is 2.27. The van der Waals surface area contributed by atoms with Gasteiger partial charge in [-0.15, -0.1) is 0 Å². The first-order valence-corrected chi connectivity index (χ1v) is 11.7. The maximum atomic E-state index is 12.8. The Hall–Kier alpha value is -3.81. The van der Waals surface area contributed by atoms with Crippen molar-refractivity contribution in [3.05, 3.63) is 54.2 Å². The van der Waals surface area contributed by atoms with Crippen LogP contribution in [0.5, 0.6) is 5.75 Å². The van der Waals surface area contributed by atoms with Gasteiger partial charge in [0.25, 0.3) is 5.91 Å². The van der Waals surface area contributed by atoms with Gasteiger partial charge in [-0.3, -0.25) is 4.79 Å². The van der Waals surface area contributed by atoms with Crippen molar-refractivity contribution >= 4 is 39.5 Å². The van der Waals surface area contributed by atoms with Crippen LogP contribution in [0.25, 0.3) is 21.8 Å². The molecule has 4 aromatic rings. The molecule has 1 fully saturated rings. The minimum absolute atomic E-state index is 0.0694. The highest BCUT2D eigenvalue weighted by molar-refractivity contribution is 5.98. The Bertz CT molecular complexity index is 1320. The number of benzene rings is 2. The second-order valence-electron chi connectivity index (χ2n) is 9.08. The van der Waals surface area contributed by atoms with E-state index in [1.54, 1.807) is 7.11 Å². The molecule has 34 heavy (non-hydrogen) atoms. The van der Waals surface area contributed by atoms with Crippen LogP contribution in [0.1, 0.15) is 36.2 Å². The third-order valence-electron chi connectivity index (χ3n) is 6.47. The van der Waals surface area contributed by atoms with Gasteiger partial charge in [0.05, 0.1) is 12.6 Å². The summed E-state index contributed by atoms with van der Waals surface area (Å²) in [5.41, 5.74) is 2.43. The Morgan fingerprint density at radius 2 is 1.79 bits per heavy atom. The van der Waals surface area contributed by atoms with E-state index >= 15 is 0 Å². The summed E-state index contributed by atoms with van der Waals surface area (Å²) < 4.78 is 5.27. The Morgan fingerprint density at radius 3 is 2.56 bits per heavy atom. The first-order valence-electron chi connectivity index (χ1n) is 11.7. The van der Waals surface area contributed by atoms with E-state index in [1.807, 2.05) is 67.5 Å². The van der Waals surface area contributed by atoms with Gasteiger partial charge in [0.1, 0.15) is 17.3 Å². The lowest BCUT2D eigenvalue weighted by atomic mass is 9.91. The maximum Gasteiger partial charge on any atom is 0.267 e. The highest BCUT2D eigenvalue weighted by Crippen LogP contribution is 2.27. The van der Waals surface area contributed by atoms with Crippen LogP contribution in [0.2, 0.25) is 0 Å². The van der Waals surface area contributed by atoms with Crippen LogP contribution < -0.4 is 20.3 Å². The van der Waals surface area contributed by atoms with Crippen molar-refractivity contribution in [3.63, 3.8) is 0 Å². The molecule has 2 aromatic carbocycles. The average Bonchev–Trinajstić information content (AvgIpc) is 3.28. The van der Waals surface area contributed by atoms with E-state index in [0.29, 0.717) is 11.6 Å². The standard InChI is InChI=1S/C26H30N6O2/c1-32(2)24-20-6-4-5-7-22(20)30-26(31-24)28-18-10-8-17(9-11-18)27-25(33)23-15-16-14-19(34-3)12-13-21(16)29-23/h4-7,12-15,17-18,29H,8-11H2,1-3H3,(H,27,33)(H,28,30,31). The topological polar surface area (TPSA) is 95.2 Å². The minimum atomic E-state index is -0.0694. The fourth-order valence-electron chi connectivity index (χ4n) is 4.65. The average molecular weight is 459 g/mol. The summed E-state index contributed by atoms with van der Waals surface area (Å²) in [4.78, 5) is 27.5. The van der Waals surface area contributed by atoms with Crippen LogP contribution in [0.4, 0.5) is 11.8 Å². The summed E-state index contributed by atoms with van der Waals surface area (Å²) in [6, 6.07) is 16.1. The smallest absolute Gasteiger partial charge is 0.267 e. The number of anilines is 2. The third kappa shape index (κ3) is 4.48. The predicted molar refractivity (Wildman–Crippen MR) is 136 cm³/mol. The molecule has 0 bridgehead atoms. The molecule has 5 rings (SSSR count). The van der Waals surface area contributed by atoms with Gasteiger partial charge in [0, 0.05) is 42.5 Å². The highest BCUT2D eigenvalue weighted by Gasteiger charge is 2.24. The van der Waals surface area contributed by atoms with E-state index < -0.39 is 0 Å². The molecule has 2 heterocycles. The van der Waals surface area contributed by atoms with Crippen molar-refractivity contribution in [1.82, 2.24) is 20.3 Å². The highest BCUT2D eigenvalue weighted by atomic mass is 16.5. The first-order chi connectivity index (χ1) is 16.5. The van der Waals surface area contributed by atoms with Gasteiger partial charge >= 0.3 is 0 Å². The van der Waals surface area contributed by atoms with Crippen molar-refractivity contribution in [2.45, 2.75) is 37.8 Å². The summed E-state index contributed by atoms with van der Waals surface area (Å²) in [6.45, 7) is 0. The maximum absolute atomic E-state index is 12.8. The summed E-state index contributed by atoms with van der Waals surface area (Å²) >= 11 is 0. The zero-order valence-electron chi connectivity index (χ0n) is 19.8. The molecule has 0 atom stereocenters. The van der Waals surface area contributed by atoms with Crippen LogP contribution in [0, 0.1) is 0 Å². The normalized spacial score (nSPS) is 18.1. The SMILES string of the molecule is COc1ccc2[nH]c(C(=O)NC3CCC(Nc4nc(N(C)C)c5ccccc5n4)CC3)cc2c1. The lowest BCUT2D eigenvalue weighted by molar-refractivity contribution is 0.0922. The van der Waals surface area contributed by atoms with E-state index in [0.717, 1.165) is 59.1 Å². The number of fused-ring (bicyclic) bond motifs is 2. The lowest BCUT2D eigenvalue weighted by Crippen LogP contribution is -2.40. The molecular formula is C26H30N6O2. The number of H-pyrrole nitrogens is 1. The van der Waals surface area contributed by atoms with Gasteiger partial charge in [-0.2, -0.15) is 4.98 Å². The van der Waals surface area contributed by atoms with E-state index in [4.69, 9.17) is 14.7 Å². The number of rotatable bonds is 6. The second kappa shape index (κ2) is 9.21. The lowest BCUT2D eigenvalue weighted by Gasteiger charge is -2.29. The molecular weight excluding hydrogens is 428 g/mol. The van der Waals surface area contributed by atoms with Crippen LogP contribution >= 0.6 is 0 Å². The van der Waals surface area contributed by atoms with Crippen LogP contribution in [0.3, 0.4) is 0 Å². The minimum Gasteiger partial charge on any atom is -0.497 e. The number of carbonyl (C=O) groups is 1. The number of nitrogens with one attached hydrogen (secondary N) is 3. The number of aromatic amines is 1. The van der Waals surface area contributed by atoms with Gasteiger partial charge in [-0.05, 0) is 62.1 Å². The number of hydrogen-bond donors (Lipinski definition) is 3. The molecule has 3 N–H and O–H groups in total. The fraction of sp³-hybridized carbons (Fsp3) is 0.346. The summed E-state index contributed by atoms with van der Waals surface area (Å²) in [7, 11) is 5.63. The molecule has 0 unspecified atom stereocenters. The zero-order chi connectivity index (χ0) is 23.7. The molecule has 0 saturated heterocycles. The van der Waals surface area contributed by atoms with Crippen LogP contribution in [0.15, 0.2) is 48.5 Å². The summed E-state index contributed by atoms with van der Waals surface area (Å²) in [6.07, 6.45) is 3.71. The Morgan fingerprint density at radius 1 is 1.03 bits per heavy atom. The number of ether oxygens (including phenoxy) is 1. The molecule has 8 nitrogen and oxygen atoms in total. The molecule has 8 heteroatoms. The summed E-state index contributed by atoms with van der Waals surface area (Å²) in [5, 5.41) is 8.72. The van der Waals surface area contributed by atoms with Crippen molar-refractivity contribution in [2.75, 3.05) is 31.4 Å². The molecule has 1 amide bonds. The first kappa shape index (κ1) is 22.0. The van der Waals surface area contributed by atoms with E-state index in [1.165, 1.54) is 0 Å². The van der Waals surface area contributed by atoms with Crippen molar-refractivity contribution in [1.29, 1.82) is 0 Å². The number of methoxy groups -OCH3 is 1. The van der Waals surface area contributed by atoms with Crippen molar-refractivity contribution < 1.29 is 9.53 Å². The van der Waals surface area contributed by atoms with Gasteiger partial charge in [0.2, 0.25) is 5.95 Å². The number of carbonyl (C=O) groups excluding carboxylic acids is 1. The van der Waals surface area contributed by atoms with Gasteiger partial charge in [-0.1, -0.05) is 12.1 Å². The van der Waals surface area contributed by atoms with Gasteiger partial charge < -0.3 is 25.3 Å². The molecule has 0 aliphatic heterocycles. The van der Waals surface area contributed by atoms with E-state index in [-0.39, 0.29) is 18.0 Å². The third-order valence-corrected chi connectivity index (χ3v) is 6.47. The molecule has 176 valence electrons. The predicted octanol–water partition coefficient (Wildman–Crippen LogP) is 4.34. The quantitative estimate of drug-likeness (QED) is 0.398. The Kier molecular flexibility index (Phi) is 5.96. The molecule has 1 aliphatic rings. The number of amides is 1. The van der Waals surface area contributed by atoms with Crippen LogP contribution in [-0.4, -0.2) is 54.1 Å². The van der Waals surface area contributed by atoms with Crippen molar-refractivity contribution in [3.8, 4) is 5.75 Å². The van der Waals surface area contributed by atoms with Crippen molar-refractivity contribution in [2.24, 2.45) is 0 Å². The number of hydrogen-bond acceptors (Lipinski definition) is 6. The molecule has 2 aromatic heterocycles. The zero-order valence-corrected chi connectivity index (χ0v) is 19.8. The van der Waals surface area contributed by atoms with Crippen LogP contribution in [-0.2, 0) is 0 Å². The largest absolute Gasteiger partial charge is 0.497 e. The molecule has 0 spiro atoms. The molecule has 1 saturated carbocycles. The number of para-hydroxylation sites is 1. The van der Waals surface area contributed by atoms with Gasteiger partial charge in [-0.25, -0.2) is 4.98 Å². The Balaban J connectivity index is 1.20. The second-order valence-corrected chi connectivity index (χ2v) is 9.08. The van der Waals surface area contributed by atoms with E-state index in [2.05, 4.69) is 15.6 Å². The number of aromatic nitrogens is 3. The molecule has 1 aliphatic carbocycles. The Labute approximate surface area is 198 Å². The monoisotopic (exact) mass is 458 g/mol. The van der Waals surface area contributed by atoms with Gasteiger partial charge in [0.15, 0.2) is 0 Å². The van der Waals surface area contributed by atoms with E-state index in [9.17, 15) is 4.79 Å². The number of nitrogens with zero attached hydrogens (tertiary/aromatic N) is 3. The fourth-order valence-corrected chi connectivity index (χ4v) is 4.65.